The third-order valence-electron chi connectivity index (χ3n) is 9.50. The van der Waals surface area contributed by atoms with Gasteiger partial charge < -0.3 is 5.32 Å². The van der Waals surface area contributed by atoms with Gasteiger partial charge in [0.05, 0.1) is 5.69 Å². The molecule has 0 saturated heterocycles. The van der Waals surface area contributed by atoms with Gasteiger partial charge in [0.25, 0.3) is 0 Å². The smallest absolute Gasteiger partial charge is 0.183 e. The van der Waals surface area contributed by atoms with Crippen molar-refractivity contribution in [3.63, 3.8) is 0 Å². The van der Waals surface area contributed by atoms with E-state index in [4.69, 9.17) is 4.98 Å². The molecule has 8 fully saturated rings. The lowest BCUT2D eigenvalue weighted by molar-refractivity contribution is -0.00699. The van der Waals surface area contributed by atoms with E-state index in [0.29, 0.717) is 11.0 Å². The van der Waals surface area contributed by atoms with Gasteiger partial charge in [0, 0.05) is 16.3 Å². The fraction of sp³-hybridized carbons (Fsp3) is 0.870. The Morgan fingerprint density at radius 2 is 1.19 bits per heavy atom. The molecule has 26 heavy (non-hydrogen) atoms. The fourth-order valence-corrected chi connectivity index (χ4v) is 10.4. The zero-order chi connectivity index (χ0) is 16.9. The number of aromatic nitrogens is 1. The van der Waals surface area contributed by atoms with Crippen LogP contribution in [0.25, 0.3) is 0 Å². The van der Waals surface area contributed by atoms with Crippen LogP contribution in [0.3, 0.4) is 0 Å². The van der Waals surface area contributed by atoms with E-state index in [9.17, 15) is 0 Å². The van der Waals surface area contributed by atoms with E-state index in [-0.39, 0.29) is 0 Å². The van der Waals surface area contributed by atoms with Gasteiger partial charge in [-0.3, -0.25) is 0 Å². The van der Waals surface area contributed by atoms with Crippen molar-refractivity contribution in [1.29, 1.82) is 0 Å². The average Bonchev–Trinajstić information content (AvgIpc) is 3.01. The second-order valence-electron chi connectivity index (χ2n) is 11.6. The molecule has 3 heteroatoms. The summed E-state index contributed by atoms with van der Waals surface area (Å²) in [5.74, 6) is 6.08. The zero-order valence-corrected chi connectivity index (χ0v) is 16.7. The highest BCUT2D eigenvalue weighted by Crippen LogP contribution is 2.61. The summed E-state index contributed by atoms with van der Waals surface area (Å²) in [5.41, 5.74) is 2.35. The fourth-order valence-electron chi connectivity index (χ4n) is 9.49. The first-order valence-electron chi connectivity index (χ1n) is 11.4. The third-order valence-corrected chi connectivity index (χ3v) is 10.3. The van der Waals surface area contributed by atoms with Gasteiger partial charge in [-0.1, -0.05) is 0 Å². The molecule has 8 aliphatic rings. The highest BCUT2D eigenvalue weighted by atomic mass is 32.1. The normalized spacial score (nSPS) is 53.4. The summed E-state index contributed by atoms with van der Waals surface area (Å²) in [7, 11) is 0. The largest absolute Gasteiger partial charge is 0.356 e. The Morgan fingerprint density at radius 1 is 0.731 bits per heavy atom. The summed E-state index contributed by atoms with van der Waals surface area (Å²) >= 11 is 1.93. The van der Waals surface area contributed by atoms with Gasteiger partial charge in [0.15, 0.2) is 5.13 Å². The molecule has 0 aliphatic heterocycles. The molecule has 1 heterocycles. The van der Waals surface area contributed by atoms with Crippen LogP contribution in [-0.4, -0.2) is 10.5 Å². The van der Waals surface area contributed by atoms with Crippen LogP contribution in [0, 0.1) is 35.5 Å². The molecule has 2 nitrogen and oxygen atoms in total. The third kappa shape index (κ3) is 2.19. The van der Waals surface area contributed by atoms with Crippen LogP contribution in [0.5, 0.6) is 0 Å². The van der Waals surface area contributed by atoms with Crippen molar-refractivity contribution >= 4 is 16.5 Å². The summed E-state index contributed by atoms with van der Waals surface area (Å²) in [6, 6.07) is 0. The molecule has 9 rings (SSSR count). The molecule has 0 radical (unpaired) electrons. The molecule has 8 bridgehead atoms. The van der Waals surface area contributed by atoms with Gasteiger partial charge in [-0.15, -0.1) is 11.3 Å². The minimum atomic E-state index is 0.408. The minimum Gasteiger partial charge on any atom is -0.356 e. The number of hydrogen-bond acceptors (Lipinski definition) is 3. The molecule has 8 saturated carbocycles. The lowest BCUT2D eigenvalue weighted by Crippen LogP contribution is -2.54. The summed E-state index contributed by atoms with van der Waals surface area (Å²) in [6.07, 6.45) is 17.8. The second kappa shape index (κ2) is 5.07. The summed E-state index contributed by atoms with van der Waals surface area (Å²) in [6.45, 7) is 0. The Balaban J connectivity index is 1.16. The number of rotatable bonds is 3. The Kier molecular flexibility index (Phi) is 3.00. The minimum absolute atomic E-state index is 0.408. The van der Waals surface area contributed by atoms with Crippen LogP contribution in [-0.2, 0) is 5.41 Å². The van der Waals surface area contributed by atoms with Gasteiger partial charge in [-0.05, 0) is 113 Å². The molecule has 1 aromatic rings. The monoisotopic (exact) mass is 368 g/mol. The Morgan fingerprint density at radius 3 is 1.69 bits per heavy atom. The first-order valence-corrected chi connectivity index (χ1v) is 12.3. The summed E-state index contributed by atoms with van der Waals surface area (Å²) in [5, 5.41) is 7.76. The van der Waals surface area contributed by atoms with Crippen LogP contribution < -0.4 is 5.32 Å². The van der Waals surface area contributed by atoms with Crippen LogP contribution >= 0.6 is 11.3 Å². The standard InChI is InChI=1S/C23H32N2S/c1-14-2-16-3-15(1)8-22(7-14,9-16)20-13-26-21(24-20)25-23-10-17-4-18(11-23)6-19(5-17)12-23/h13-19H,1-12H2,(H,24,25). The van der Waals surface area contributed by atoms with Gasteiger partial charge in [0.1, 0.15) is 0 Å². The maximum absolute atomic E-state index is 5.28. The van der Waals surface area contributed by atoms with Gasteiger partial charge in [-0.25, -0.2) is 4.98 Å². The molecular formula is C23H32N2S. The van der Waals surface area contributed by atoms with Gasteiger partial charge in [-0.2, -0.15) is 0 Å². The Hall–Kier alpha value is -0.570. The summed E-state index contributed by atoms with van der Waals surface area (Å²) < 4.78 is 0. The number of anilines is 1. The van der Waals surface area contributed by atoms with Crippen molar-refractivity contribution in [2.45, 2.75) is 88.0 Å². The molecule has 0 aromatic carbocycles. The van der Waals surface area contributed by atoms with Crippen molar-refractivity contribution in [2.24, 2.45) is 35.5 Å². The average molecular weight is 369 g/mol. The quantitative estimate of drug-likeness (QED) is 0.708. The van der Waals surface area contributed by atoms with Crippen molar-refractivity contribution in [3.05, 3.63) is 11.1 Å². The van der Waals surface area contributed by atoms with Crippen molar-refractivity contribution in [3.8, 4) is 0 Å². The maximum atomic E-state index is 5.28. The van der Waals surface area contributed by atoms with Gasteiger partial charge in [0.2, 0.25) is 0 Å². The van der Waals surface area contributed by atoms with Crippen molar-refractivity contribution in [1.82, 2.24) is 4.98 Å². The number of nitrogens with zero attached hydrogens (tertiary/aromatic N) is 1. The molecule has 0 atom stereocenters. The first kappa shape index (κ1) is 15.4. The van der Waals surface area contributed by atoms with E-state index >= 15 is 0 Å². The highest BCUT2D eigenvalue weighted by Gasteiger charge is 2.53. The SMILES string of the molecule is c1sc(NC23CC4CC(CC(C4)C2)C3)nc1C12CC3CC(CC(C3)C1)C2. The number of thiazole rings is 1. The van der Waals surface area contributed by atoms with E-state index in [1.54, 1.807) is 0 Å². The van der Waals surface area contributed by atoms with E-state index < -0.39 is 0 Å². The molecule has 8 aliphatic carbocycles. The topological polar surface area (TPSA) is 24.9 Å². The molecule has 140 valence electrons. The number of nitrogens with one attached hydrogen (secondary N) is 1. The highest BCUT2D eigenvalue weighted by molar-refractivity contribution is 7.13. The predicted molar refractivity (Wildman–Crippen MR) is 106 cm³/mol. The van der Waals surface area contributed by atoms with Crippen LogP contribution in [0.4, 0.5) is 5.13 Å². The molecule has 1 N–H and O–H groups in total. The second-order valence-corrected chi connectivity index (χ2v) is 12.4. The van der Waals surface area contributed by atoms with E-state index in [1.165, 1.54) is 87.9 Å². The van der Waals surface area contributed by atoms with Crippen molar-refractivity contribution < 1.29 is 0 Å². The first-order chi connectivity index (χ1) is 12.7. The lowest BCUT2D eigenvalue weighted by Gasteiger charge is -2.57. The molecule has 1 aromatic heterocycles. The van der Waals surface area contributed by atoms with E-state index in [2.05, 4.69) is 10.7 Å². The predicted octanol–water partition coefficient (Wildman–Crippen LogP) is 5.99. The van der Waals surface area contributed by atoms with Crippen LogP contribution in [0.15, 0.2) is 5.38 Å². The Labute approximate surface area is 161 Å². The maximum Gasteiger partial charge on any atom is 0.183 e. The zero-order valence-electron chi connectivity index (χ0n) is 15.9. The molecule has 0 unspecified atom stereocenters. The van der Waals surface area contributed by atoms with Crippen LogP contribution in [0.1, 0.15) is 82.7 Å². The molecule has 0 amide bonds. The summed E-state index contributed by atoms with van der Waals surface area (Å²) in [4.78, 5) is 5.28. The van der Waals surface area contributed by atoms with E-state index in [0.717, 1.165) is 35.5 Å². The molecular weight excluding hydrogens is 336 g/mol. The molecule has 0 spiro atoms. The number of hydrogen-bond donors (Lipinski definition) is 1. The van der Waals surface area contributed by atoms with Crippen LogP contribution in [0.2, 0.25) is 0 Å². The Bertz CT molecular complexity index is 664. The van der Waals surface area contributed by atoms with Crippen molar-refractivity contribution in [2.75, 3.05) is 5.32 Å². The van der Waals surface area contributed by atoms with Gasteiger partial charge >= 0.3 is 0 Å². The lowest BCUT2D eigenvalue weighted by atomic mass is 9.49. The van der Waals surface area contributed by atoms with E-state index in [1.807, 2.05) is 11.3 Å².